The van der Waals surface area contributed by atoms with Crippen LogP contribution in [0.2, 0.25) is 0 Å². The molecule has 1 aromatic rings. The Morgan fingerprint density at radius 1 is 1.26 bits per heavy atom. The Bertz CT molecular complexity index is 568. The molecule has 2 heterocycles. The molecule has 8 nitrogen and oxygen atoms in total. The van der Waals surface area contributed by atoms with Gasteiger partial charge in [0.25, 0.3) is 5.91 Å². The summed E-state index contributed by atoms with van der Waals surface area (Å²) >= 11 is 0. The van der Waals surface area contributed by atoms with Crippen molar-refractivity contribution in [3.8, 4) is 0 Å². The number of amidine groups is 2. The zero-order chi connectivity index (χ0) is 13.3. The number of rotatable bonds is 1. The average Bonchev–Trinajstić information content (AvgIpc) is 2.47. The van der Waals surface area contributed by atoms with Crippen molar-refractivity contribution < 1.29 is 9.59 Å². The monoisotopic (exact) mass is 332 g/mol. The van der Waals surface area contributed by atoms with Gasteiger partial charge in [0, 0.05) is 11.1 Å². The van der Waals surface area contributed by atoms with Gasteiger partial charge in [-0.1, -0.05) is 0 Å². The molecule has 9 heteroatoms. The number of benzene rings is 1. The van der Waals surface area contributed by atoms with Crippen LogP contribution in [0, 0.1) is 0 Å². The molecular formula is C10H8N6O2Sr. The molecule has 92 valence electrons. The van der Waals surface area contributed by atoms with E-state index in [0.29, 0.717) is 5.01 Å². The van der Waals surface area contributed by atoms with Crippen molar-refractivity contribution in [3.63, 3.8) is 0 Å². The molecule has 0 atom stereocenters. The molecule has 1 aromatic carbocycles. The van der Waals surface area contributed by atoms with Crippen LogP contribution in [0.15, 0.2) is 29.3 Å². The minimum atomic E-state index is -0.741. The minimum absolute atomic E-state index is 0. The van der Waals surface area contributed by atoms with Crippen LogP contribution in [-0.4, -0.2) is 74.0 Å². The predicted octanol–water partition coefficient (Wildman–Crippen LogP) is -0.301. The maximum Gasteiger partial charge on any atom is 2.00 e. The van der Waals surface area contributed by atoms with Crippen molar-refractivity contribution in [1.82, 2.24) is 10.4 Å². The largest absolute Gasteiger partial charge is 2.00 e. The van der Waals surface area contributed by atoms with Crippen LogP contribution in [0.4, 0.5) is 0 Å². The van der Waals surface area contributed by atoms with Gasteiger partial charge in [0.15, 0.2) is 0 Å². The summed E-state index contributed by atoms with van der Waals surface area (Å²) in [6, 6.07) is 5.65. The molecule has 0 spiro atoms. The summed E-state index contributed by atoms with van der Waals surface area (Å²) in [6.45, 7) is 0. The third kappa shape index (κ3) is 3.08. The Morgan fingerprint density at radius 2 is 1.79 bits per heavy atom. The van der Waals surface area contributed by atoms with E-state index >= 15 is 0 Å². The molecule has 4 N–H and O–H groups in total. The molecule has 19 heavy (non-hydrogen) atoms. The van der Waals surface area contributed by atoms with E-state index in [4.69, 9.17) is 11.7 Å². The fourth-order valence-corrected chi connectivity index (χ4v) is 1.41. The molecule has 2 amide bonds. The summed E-state index contributed by atoms with van der Waals surface area (Å²) in [6.07, 6.45) is 0. The first-order chi connectivity index (χ1) is 8.54. The summed E-state index contributed by atoms with van der Waals surface area (Å²) < 4.78 is 0. The van der Waals surface area contributed by atoms with E-state index < -0.39 is 23.5 Å². The van der Waals surface area contributed by atoms with E-state index in [2.05, 4.69) is 4.99 Å². The molecular weight excluding hydrogens is 324 g/mol. The van der Waals surface area contributed by atoms with Gasteiger partial charge in [0.1, 0.15) is 5.84 Å². The molecule has 3 rings (SSSR count). The van der Waals surface area contributed by atoms with Crippen LogP contribution < -0.4 is 11.3 Å². The van der Waals surface area contributed by atoms with Crippen LogP contribution in [0.5, 0.6) is 0 Å². The van der Waals surface area contributed by atoms with Crippen molar-refractivity contribution in [3.05, 3.63) is 46.6 Å². The molecule has 2 bridgehead atoms. The molecule has 0 saturated carbocycles. The van der Waals surface area contributed by atoms with Gasteiger partial charge in [-0.15, -0.1) is 0 Å². The Kier molecular flexibility index (Phi) is 5.35. The summed E-state index contributed by atoms with van der Waals surface area (Å²) in [5, 5.41) is 9.71. The van der Waals surface area contributed by atoms with Gasteiger partial charge in [0.05, 0.1) is 0 Å². The topological polar surface area (TPSA) is 134 Å². The van der Waals surface area contributed by atoms with E-state index in [1.807, 2.05) is 5.43 Å². The van der Waals surface area contributed by atoms with Gasteiger partial charge >= 0.3 is 45.5 Å². The number of hydrazine groups is 1. The summed E-state index contributed by atoms with van der Waals surface area (Å²) in [5.74, 6) is 9.82. The number of hydrogen-bond donors (Lipinski definition) is 2. The molecule has 0 fully saturated rings. The van der Waals surface area contributed by atoms with Crippen molar-refractivity contribution >= 4 is 69.0 Å². The Labute approximate surface area is 145 Å². The fraction of sp³-hybridized carbons (Fsp3) is 0. The van der Waals surface area contributed by atoms with Gasteiger partial charge in [-0.25, -0.2) is 0 Å². The number of nitrogens with two attached hydrogens (primary N) is 1. The molecule has 2 aliphatic rings. The SMILES string of the molecule is [N-]=C(NN)/C1=N/C(=O)c2ccc(cc2)C(=O)N1[NH-].[Sr+2]. The van der Waals surface area contributed by atoms with E-state index in [0.717, 1.165) is 0 Å². The van der Waals surface area contributed by atoms with Gasteiger partial charge in [-0.2, -0.15) is 4.99 Å². The van der Waals surface area contributed by atoms with Crippen molar-refractivity contribution in [2.24, 2.45) is 10.8 Å². The van der Waals surface area contributed by atoms with Gasteiger partial charge in [-0.3, -0.25) is 9.59 Å². The van der Waals surface area contributed by atoms with Crippen LogP contribution in [0.3, 0.4) is 0 Å². The molecule has 0 aromatic heterocycles. The maximum absolute atomic E-state index is 11.8. The van der Waals surface area contributed by atoms with Crippen molar-refractivity contribution in [2.75, 3.05) is 0 Å². The fourth-order valence-electron chi connectivity index (χ4n) is 1.41. The first-order valence-electron chi connectivity index (χ1n) is 4.86. The van der Waals surface area contributed by atoms with E-state index in [1.165, 1.54) is 24.3 Å². The van der Waals surface area contributed by atoms with Crippen LogP contribution in [0.25, 0.3) is 11.3 Å². The summed E-state index contributed by atoms with van der Waals surface area (Å²) in [5.41, 5.74) is 2.28. The number of nitrogens with zero attached hydrogens (tertiary/aromatic N) is 3. The summed E-state index contributed by atoms with van der Waals surface area (Å²) in [7, 11) is 0. The van der Waals surface area contributed by atoms with E-state index in [1.54, 1.807) is 0 Å². The number of fused-ring (bicyclic) bond motifs is 5. The normalized spacial score (nSPS) is 16.7. The molecule has 2 aliphatic heterocycles. The number of carbonyl (C=O) groups excluding carboxylic acids is 2. The van der Waals surface area contributed by atoms with Crippen molar-refractivity contribution in [2.45, 2.75) is 0 Å². The molecule has 0 saturated heterocycles. The molecule has 0 aliphatic carbocycles. The van der Waals surface area contributed by atoms with Gasteiger partial charge in [0.2, 0.25) is 5.91 Å². The minimum Gasteiger partial charge on any atom is -0.574 e. The third-order valence-electron chi connectivity index (χ3n) is 2.35. The number of carbonyl (C=O) groups is 2. The second-order valence-electron chi connectivity index (χ2n) is 3.45. The van der Waals surface area contributed by atoms with Crippen LogP contribution in [0.1, 0.15) is 20.7 Å². The summed E-state index contributed by atoms with van der Waals surface area (Å²) in [4.78, 5) is 27.0. The zero-order valence-corrected chi connectivity index (χ0v) is 13.2. The third-order valence-corrected chi connectivity index (χ3v) is 2.35. The molecule has 0 radical (unpaired) electrons. The van der Waals surface area contributed by atoms with E-state index in [9.17, 15) is 15.0 Å². The van der Waals surface area contributed by atoms with Crippen molar-refractivity contribution in [1.29, 1.82) is 0 Å². The van der Waals surface area contributed by atoms with Crippen LogP contribution in [-0.2, 0) is 0 Å². The van der Waals surface area contributed by atoms with Gasteiger partial charge in [-0.05, 0) is 30.1 Å². The molecule has 0 unspecified atom stereocenters. The average molecular weight is 332 g/mol. The standard InChI is InChI=1S/C10H8N6O2.Sr/c11-7(15-12)8-14-9(17)5-1-3-6(4-2-5)10(18)16(8)13;/h1-4,13H,(H3-,11,12,14,15,17,18);/q-2;+2. The smallest absolute Gasteiger partial charge is 0.574 e. The zero-order valence-electron chi connectivity index (χ0n) is 9.75. The first kappa shape index (κ1) is 16.0. The quantitative estimate of drug-likeness (QED) is 0.240. The number of nitrogens with one attached hydrogen (secondary N) is 2. The van der Waals surface area contributed by atoms with E-state index in [-0.39, 0.29) is 56.6 Å². The Balaban J connectivity index is 0.00000180. The second-order valence-corrected chi connectivity index (χ2v) is 3.45. The Hall–Kier alpha value is -1.10. The number of aliphatic imine (C=N–C) groups is 1. The Morgan fingerprint density at radius 3 is 2.32 bits per heavy atom. The number of amides is 2. The predicted molar refractivity (Wildman–Crippen MR) is 70.1 cm³/mol. The van der Waals surface area contributed by atoms with Crippen LogP contribution >= 0.6 is 0 Å². The first-order valence-corrected chi connectivity index (χ1v) is 4.86. The number of hydrogen-bond acceptors (Lipinski definition) is 3. The van der Waals surface area contributed by atoms with Gasteiger partial charge < -0.3 is 27.5 Å². The second kappa shape index (κ2) is 6.37. The maximum atomic E-state index is 11.8.